The standard InChI is InChI=1S/C15H22N2O2/c1-11-6-7-13(14(16)10-11)15(18)17-8-9-19-12-4-2-3-5-12/h6-7,10,12H,2-5,8-9,16H2,1H3,(H,17,18). The molecule has 0 saturated heterocycles. The van der Waals surface area contributed by atoms with Gasteiger partial charge >= 0.3 is 0 Å². The monoisotopic (exact) mass is 262 g/mol. The SMILES string of the molecule is Cc1ccc(C(=O)NCCOC2CCCC2)c(N)c1. The van der Waals surface area contributed by atoms with E-state index in [2.05, 4.69) is 5.32 Å². The molecule has 0 bridgehead atoms. The first kappa shape index (κ1) is 13.9. The van der Waals surface area contributed by atoms with Crippen molar-refractivity contribution in [3.8, 4) is 0 Å². The van der Waals surface area contributed by atoms with Crippen molar-refractivity contribution < 1.29 is 9.53 Å². The Morgan fingerprint density at radius 1 is 1.42 bits per heavy atom. The number of nitrogens with one attached hydrogen (secondary N) is 1. The lowest BCUT2D eigenvalue weighted by atomic mass is 10.1. The molecule has 0 heterocycles. The number of anilines is 1. The fourth-order valence-electron chi connectivity index (χ4n) is 2.43. The molecule has 1 amide bonds. The summed E-state index contributed by atoms with van der Waals surface area (Å²) in [5.74, 6) is -0.132. The predicted octanol–water partition coefficient (Wildman–Crippen LogP) is 2.27. The summed E-state index contributed by atoms with van der Waals surface area (Å²) in [6, 6.07) is 5.46. The van der Waals surface area contributed by atoms with Gasteiger partial charge in [0.1, 0.15) is 0 Å². The number of amides is 1. The number of benzene rings is 1. The fraction of sp³-hybridized carbons (Fsp3) is 0.533. The first-order valence-electron chi connectivity index (χ1n) is 6.93. The number of rotatable bonds is 5. The number of nitrogen functional groups attached to an aromatic ring is 1. The Labute approximate surface area is 114 Å². The van der Waals surface area contributed by atoms with Gasteiger partial charge in [0, 0.05) is 12.2 Å². The molecule has 4 heteroatoms. The van der Waals surface area contributed by atoms with Gasteiger partial charge in [-0.2, -0.15) is 0 Å². The number of aryl methyl sites for hydroxylation is 1. The quantitative estimate of drug-likeness (QED) is 0.632. The molecule has 0 spiro atoms. The zero-order valence-corrected chi connectivity index (χ0v) is 11.4. The van der Waals surface area contributed by atoms with E-state index >= 15 is 0 Å². The number of hydrogen-bond acceptors (Lipinski definition) is 3. The molecule has 1 fully saturated rings. The van der Waals surface area contributed by atoms with Crippen LogP contribution in [0.3, 0.4) is 0 Å². The Morgan fingerprint density at radius 2 is 2.16 bits per heavy atom. The van der Waals surface area contributed by atoms with Gasteiger partial charge in [0.15, 0.2) is 0 Å². The van der Waals surface area contributed by atoms with Crippen molar-refractivity contribution in [2.75, 3.05) is 18.9 Å². The lowest BCUT2D eigenvalue weighted by Crippen LogP contribution is -2.29. The van der Waals surface area contributed by atoms with Gasteiger partial charge in [-0.25, -0.2) is 0 Å². The molecule has 0 unspecified atom stereocenters. The van der Waals surface area contributed by atoms with Crippen LogP contribution in [0.15, 0.2) is 18.2 Å². The third-order valence-corrected chi connectivity index (χ3v) is 3.50. The minimum Gasteiger partial charge on any atom is -0.398 e. The van der Waals surface area contributed by atoms with Crippen LogP contribution < -0.4 is 11.1 Å². The second kappa shape index (κ2) is 6.57. The summed E-state index contributed by atoms with van der Waals surface area (Å²) in [5.41, 5.74) is 7.94. The van der Waals surface area contributed by atoms with Gasteiger partial charge in [-0.1, -0.05) is 18.9 Å². The van der Waals surface area contributed by atoms with E-state index in [9.17, 15) is 4.79 Å². The van der Waals surface area contributed by atoms with E-state index in [0.717, 1.165) is 18.4 Å². The van der Waals surface area contributed by atoms with Crippen molar-refractivity contribution >= 4 is 11.6 Å². The largest absolute Gasteiger partial charge is 0.398 e. The number of ether oxygens (including phenoxy) is 1. The van der Waals surface area contributed by atoms with E-state index < -0.39 is 0 Å². The van der Waals surface area contributed by atoms with E-state index in [0.29, 0.717) is 30.5 Å². The normalized spacial score (nSPS) is 15.6. The highest BCUT2D eigenvalue weighted by molar-refractivity contribution is 5.99. The third-order valence-electron chi connectivity index (χ3n) is 3.50. The molecule has 1 aromatic carbocycles. The Hall–Kier alpha value is -1.55. The second-order valence-corrected chi connectivity index (χ2v) is 5.12. The second-order valence-electron chi connectivity index (χ2n) is 5.12. The van der Waals surface area contributed by atoms with Crippen LogP contribution in [-0.4, -0.2) is 25.2 Å². The molecule has 0 radical (unpaired) electrons. The van der Waals surface area contributed by atoms with Crippen molar-refractivity contribution in [3.05, 3.63) is 29.3 Å². The number of nitrogens with two attached hydrogens (primary N) is 1. The maximum atomic E-state index is 11.9. The molecule has 19 heavy (non-hydrogen) atoms. The summed E-state index contributed by atoms with van der Waals surface area (Å²) in [7, 11) is 0. The first-order chi connectivity index (χ1) is 9.16. The fourth-order valence-corrected chi connectivity index (χ4v) is 2.43. The lowest BCUT2D eigenvalue weighted by molar-refractivity contribution is 0.0582. The van der Waals surface area contributed by atoms with Gasteiger partial charge in [-0.05, 0) is 37.5 Å². The maximum Gasteiger partial charge on any atom is 0.253 e. The Balaban J connectivity index is 1.74. The van der Waals surface area contributed by atoms with E-state index in [1.165, 1.54) is 12.8 Å². The summed E-state index contributed by atoms with van der Waals surface area (Å²) in [4.78, 5) is 11.9. The van der Waals surface area contributed by atoms with Gasteiger partial charge in [-0.15, -0.1) is 0 Å². The van der Waals surface area contributed by atoms with Crippen LogP contribution in [0.5, 0.6) is 0 Å². The highest BCUT2D eigenvalue weighted by atomic mass is 16.5. The van der Waals surface area contributed by atoms with Crippen LogP contribution in [0.1, 0.15) is 41.6 Å². The molecule has 1 aromatic rings. The molecule has 4 nitrogen and oxygen atoms in total. The number of hydrogen-bond donors (Lipinski definition) is 2. The number of carbonyl (C=O) groups is 1. The average Bonchev–Trinajstić information content (AvgIpc) is 2.87. The molecular weight excluding hydrogens is 240 g/mol. The summed E-state index contributed by atoms with van der Waals surface area (Å²) in [5, 5.41) is 2.84. The third kappa shape index (κ3) is 3.96. The Morgan fingerprint density at radius 3 is 2.84 bits per heavy atom. The zero-order chi connectivity index (χ0) is 13.7. The van der Waals surface area contributed by atoms with E-state index in [-0.39, 0.29) is 5.91 Å². The molecule has 1 saturated carbocycles. The highest BCUT2D eigenvalue weighted by Gasteiger charge is 2.15. The molecule has 3 N–H and O–H groups in total. The summed E-state index contributed by atoms with van der Waals surface area (Å²) in [6.07, 6.45) is 5.22. The van der Waals surface area contributed by atoms with Crippen molar-refractivity contribution in [1.82, 2.24) is 5.32 Å². The van der Waals surface area contributed by atoms with Crippen molar-refractivity contribution in [3.63, 3.8) is 0 Å². The molecule has 1 aliphatic rings. The lowest BCUT2D eigenvalue weighted by Gasteiger charge is -2.12. The Bertz CT molecular complexity index is 440. The van der Waals surface area contributed by atoms with Gasteiger partial charge in [0.2, 0.25) is 0 Å². The summed E-state index contributed by atoms with van der Waals surface area (Å²) in [6.45, 7) is 3.05. The summed E-state index contributed by atoms with van der Waals surface area (Å²) >= 11 is 0. The van der Waals surface area contributed by atoms with Gasteiger partial charge in [0.05, 0.1) is 18.3 Å². The molecule has 0 aliphatic heterocycles. The van der Waals surface area contributed by atoms with Gasteiger partial charge < -0.3 is 15.8 Å². The van der Waals surface area contributed by atoms with Crippen LogP contribution >= 0.6 is 0 Å². The van der Waals surface area contributed by atoms with Crippen LogP contribution in [0.4, 0.5) is 5.69 Å². The minimum atomic E-state index is -0.132. The van der Waals surface area contributed by atoms with Crippen LogP contribution in [-0.2, 0) is 4.74 Å². The molecule has 104 valence electrons. The van der Waals surface area contributed by atoms with Crippen molar-refractivity contribution in [1.29, 1.82) is 0 Å². The molecule has 0 atom stereocenters. The molecule has 0 aromatic heterocycles. The van der Waals surface area contributed by atoms with Crippen LogP contribution in [0.2, 0.25) is 0 Å². The zero-order valence-electron chi connectivity index (χ0n) is 11.4. The van der Waals surface area contributed by atoms with E-state index in [1.54, 1.807) is 6.07 Å². The minimum absolute atomic E-state index is 0.132. The smallest absolute Gasteiger partial charge is 0.253 e. The topological polar surface area (TPSA) is 64.3 Å². The van der Waals surface area contributed by atoms with Gasteiger partial charge in [-0.3, -0.25) is 4.79 Å². The van der Waals surface area contributed by atoms with Gasteiger partial charge in [0.25, 0.3) is 5.91 Å². The Kier molecular flexibility index (Phi) is 4.80. The van der Waals surface area contributed by atoms with Crippen LogP contribution in [0, 0.1) is 6.92 Å². The molecular formula is C15H22N2O2. The average molecular weight is 262 g/mol. The molecule has 1 aliphatic carbocycles. The maximum absolute atomic E-state index is 11.9. The summed E-state index contributed by atoms with van der Waals surface area (Å²) < 4.78 is 5.69. The van der Waals surface area contributed by atoms with Crippen molar-refractivity contribution in [2.45, 2.75) is 38.7 Å². The van der Waals surface area contributed by atoms with Crippen molar-refractivity contribution in [2.24, 2.45) is 0 Å². The highest BCUT2D eigenvalue weighted by Crippen LogP contribution is 2.20. The first-order valence-corrected chi connectivity index (χ1v) is 6.93. The van der Waals surface area contributed by atoms with Crippen LogP contribution in [0.25, 0.3) is 0 Å². The number of carbonyl (C=O) groups excluding carboxylic acids is 1. The predicted molar refractivity (Wildman–Crippen MR) is 76.1 cm³/mol. The van der Waals surface area contributed by atoms with E-state index in [1.807, 2.05) is 19.1 Å². The molecule has 2 rings (SSSR count). The van der Waals surface area contributed by atoms with E-state index in [4.69, 9.17) is 10.5 Å².